The molecule has 4 heterocycles. The van der Waals surface area contributed by atoms with Gasteiger partial charge in [-0.2, -0.15) is 0 Å². The lowest BCUT2D eigenvalue weighted by Crippen LogP contribution is -2.62. The van der Waals surface area contributed by atoms with E-state index in [1.54, 1.807) is 12.4 Å². The van der Waals surface area contributed by atoms with Crippen molar-refractivity contribution in [3.63, 3.8) is 0 Å². The summed E-state index contributed by atoms with van der Waals surface area (Å²) in [5, 5.41) is 0. The average molecular weight is 389 g/mol. The molecule has 0 unspecified atom stereocenters. The van der Waals surface area contributed by atoms with Gasteiger partial charge in [-0.3, -0.25) is 14.7 Å². The predicted molar refractivity (Wildman–Crippen MR) is 108 cm³/mol. The maximum absolute atomic E-state index is 12.8. The van der Waals surface area contributed by atoms with Gasteiger partial charge in [0.25, 0.3) is 5.91 Å². The van der Waals surface area contributed by atoms with Crippen LogP contribution in [0, 0.1) is 0 Å². The first-order valence-electron chi connectivity index (χ1n) is 10.5. The molecule has 0 aromatic carbocycles. The standard InChI is InChI=1S/C20H32N6O2/c1-3-4-16-14-28-15-17-13-25(9-10-26(16)17)19-12-21-11-18(22-19)20(27)24-7-5-23(2)6-8-24/h11-12,16-17H,3-10,13-15H2,1-2H3/t16-,17+/m0/s1. The number of piperazine rings is 2. The highest BCUT2D eigenvalue weighted by Gasteiger charge is 2.35. The number of nitrogens with zero attached hydrogens (tertiary/aromatic N) is 6. The molecule has 8 heteroatoms. The molecule has 0 radical (unpaired) electrons. The summed E-state index contributed by atoms with van der Waals surface area (Å²) in [4.78, 5) is 30.8. The quantitative estimate of drug-likeness (QED) is 0.746. The SMILES string of the molecule is CCC[C@H]1COC[C@H]2CN(c3cncc(C(=O)N4CCN(C)CC4)n3)CCN12. The molecule has 1 amide bonds. The number of amides is 1. The fourth-order valence-electron chi connectivity index (χ4n) is 4.51. The molecular formula is C20H32N6O2. The van der Waals surface area contributed by atoms with Crippen LogP contribution < -0.4 is 4.90 Å². The molecule has 2 atom stereocenters. The Morgan fingerprint density at radius 2 is 1.96 bits per heavy atom. The molecule has 3 aliphatic rings. The minimum absolute atomic E-state index is 0.00917. The third kappa shape index (κ3) is 4.14. The van der Waals surface area contributed by atoms with Crippen molar-refractivity contribution in [2.45, 2.75) is 31.8 Å². The zero-order valence-electron chi connectivity index (χ0n) is 17.1. The molecule has 0 saturated carbocycles. The molecule has 1 aromatic heterocycles. The number of morpholine rings is 1. The van der Waals surface area contributed by atoms with E-state index in [1.807, 2.05) is 4.90 Å². The molecule has 0 N–H and O–H groups in total. The Morgan fingerprint density at radius 3 is 2.75 bits per heavy atom. The normalized spacial score (nSPS) is 26.9. The van der Waals surface area contributed by atoms with Crippen LogP contribution in [0.5, 0.6) is 0 Å². The highest BCUT2D eigenvalue weighted by atomic mass is 16.5. The van der Waals surface area contributed by atoms with E-state index in [0.717, 1.165) is 64.8 Å². The Kier molecular flexibility index (Phi) is 6.08. The third-order valence-corrected chi connectivity index (χ3v) is 6.20. The molecule has 4 rings (SSSR count). The molecule has 3 saturated heterocycles. The smallest absolute Gasteiger partial charge is 0.274 e. The number of ether oxygens (including phenoxy) is 1. The van der Waals surface area contributed by atoms with E-state index >= 15 is 0 Å². The average Bonchev–Trinajstić information content (AvgIpc) is 2.74. The van der Waals surface area contributed by atoms with Crippen molar-refractivity contribution in [1.29, 1.82) is 0 Å². The van der Waals surface area contributed by atoms with Gasteiger partial charge < -0.3 is 19.4 Å². The molecule has 28 heavy (non-hydrogen) atoms. The summed E-state index contributed by atoms with van der Waals surface area (Å²) in [6.07, 6.45) is 5.75. The van der Waals surface area contributed by atoms with Gasteiger partial charge in [0.05, 0.1) is 31.6 Å². The van der Waals surface area contributed by atoms with Gasteiger partial charge in [0.2, 0.25) is 0 Å². The van der Waals surface area contributed by atoms with Crippen molar-refractivity contribution in [1.82, 2.24) is 24.7 Å². The number of rotatable bonds is 4. The zero-order valence-corrected chi connectivity index (χ0v) is 17.1. The van der Waals surface area contributed by atoms with E-state index in [4.69, 9.17) is 4.74 Å². The Hall–Kier alpha value is -1.77. The minimum Gasteiger partial charge on any atom is -0.378 e. The molecule has 154 valence electrons. The summed E-state index contributed by atoms with van der Waals surface area (Å²) in [7, 11) is 2.09. The summed E-state index contributed by atoms with van der Waals surface area (Å²) in [6.45, 7) is 9.95. The first-order valence-corrected chi connectivity index (χ1v) is 10.5. The number of hydrogen-bond donors (Lipinski definition) is 0. The lowest BCUT2D eigenvalue weighted by Gasteiger charge is -2.48. The maximum atomic E-state index is 12.8. The molecule has 0 aliphatic carbocycles. The Bertz CT molecular complexity index is 676. The van der Waals surface area contributed by atoms with E-state index in [1.165, 1.54) is 12.8 Å². The summed E-state index contributed by atoms with van der Waals surface area (Å²) in [6, 6.07) is 0.917. The second-order valence-electron chi connectivity index (χ2n) is 8.18. The van der Waals surface area contributed by atoms with Crippen molar-refractivity contribution < 1.29 is 9.53 Å². The van der Waals surface area contributed by atoms with Gasteiger partial charge in [-0.1, -0.05) is 13.3 Å². The topological polar surface area (TPSA) is 65.0 Å². The van der Waals surface area contributed by atoms with Crippen molar-refractivity contribution in [2.24, 2.45) is 0 Å². The number of carbonyl (C=O) groups excluding carboxylic acids is 1. The van der Waals surface area contributed by atoms with Crippen molar-refractivity contribution in [2.75, 3.05) is 71.0 Å². The Labute approximate surface area is 167 Å². The molecular weight excluding hydrogens is 356 g/mol. The fraction of sp³-hybridized carbons (Fsp3) is 0.750. The number of aromatic nitrogens is 2. The van der Waals surface area contributed by atoms with Crippen LogP contribution in [-0.4, -0.2) is 109 Å². The van der Waals surface area contributed by atoms with Crippen LogP contribution in [0.15, 0.2) is 12.4 Å². The van der Waals surface area contributed by atoms with Gasteiger partial charge in [0.15, 0.2) is 0 Å². The Morgan fingerprint density at radius 1 is 1.14 bits per heavy atom. The number of hydrogen-bond acceptors (Lipinski definition) is 7. The number of carbonyl (C=O) groups is 1. The maximum Gasteiger partial charge on any atom is 0.274 e. The van der Waals surface area contributed by atoms with Crippen LogP contribution in [0.1, 0.15) is 30.3 Å². The van der Waals surface area contributed by atoms with E-state index in [0.29, 0.717) is 17.8 Å². The van der Waals surface area contributed by atoms with Crippen molar-refractivity contribution >= 4 is 11.7 Å². The molecule has 0 bridgehead atoms. The summed E-state index contributed by atoms with van der Waals surface area (Å²) < 4.78 is 5.87. The zero-order chi connectivity index (χ0) is 19.5. The third-order valence-electron chi connectivity index (χ3n) is 6.20. The van der Waals surface area contributed by atoms with Crippen LogP contribution >= 0.6 is 0 Å². The fourth-order valence-corrected chi connectivity index (χ4v) is 4.51. The first kappa shape index (κ1) is 19.5. The minimum atomic E-state index is -0.00917. The number of anilines is 1. The highest BCUT2D eigenvalue weighted by Crippen LogP contribution is 2.24. The van der Waals surface area contributed by atoms with Crippen molar-refractivity contribution in [3.05, 3.63) is 18.1 Å². The number of likely N-dealkylation sites (N-methyl/N-ethyl adjacent to an activating group) is 1. The van der Waals surface area contributed by atoms with E-state index in [-0.39, 0.29) is 5.91 Å². The molecule has 3 fully saturated rings. The second kappa shape index (κ2) is 8.71. The summed E-state index contributed by atoms with van der Waals surface area (Å²) in [5.41, 5.74) is 0.452. The first-order chi connectivity index (χ1) is 13.7. The van der Waals surface area contributed by atoms with E-state index in [2.05, 4.69) is 38.6 Å². The van der Waals surface area contributed by atoms with Gasteiger partial charge >= 0.3 is 0 Å². The van der Waals surface area contributed by atoms with Crippen LogP contribution in [0.2, 0.25) is 0 Å². The van der Waals surface area contributed by atoms with Gasteiger partial charge in [0, 0.05) is 51.9 Å². The summed E-state index contributed by atoms with van der Waals surface area (Å²) >= 11 is 0. The lowest BCUT2D eigenvalue weighted by atomic mass is 10.0. The lowest BCUT2D eigenvalue weighted by molar-refractivity contribution is -0.0558. The second-order valence-corrected chi connectivity index (χ2v) is 8.18. The van der Waals surface area contributed by atoms with E-state index in [9.17, 15) is 4.79 Å². The monoisotopic (exact) mass is 388 g/mol. The molecule has 8 nitrogen and oxygen atoms in total. The molecule has 0 spiro atoms. The number of fused-ring (bicyclic) bond motifs is 1. The van der Waals surface area contributed by atoms with Crippen LogP contribution in [-0.2, 0) is 4.74 Å². The van der Waals surface area contributed by atoms with Crippen LogP contribution in [0.3, 0.4) is 0 Å². The van der Waals surface area contributed by atoms with Gasteiger partial charge in [-0.05, 0) is 13.5 Å². The predicted octanol–water partition coefficient (Wildman–Crippen LogP) is 0.554. The van der Waals surface area contributed by atoms with Gasteiger partial charge in [-0.15, -0.1) is 0 Å². The summed E-state index contributed by atoms with van der Waals surface area (Å²) in [5.74, 6) is 0.794. The van der Waals surface area contributed by atoms with Crippen LogP contribution in [0.4, 0.5) is 5.82 Å². The van der Waals surface area contributed by atoms with Crippen LogP contribution in [0.25, 0.3) is 0 Å². The molecule has 3 aliphatic heterocycles. The largest absolute Gasteiger partial charge is 0.378 e. The van der Waals surface area contributed by atoms with Crippen molar-refractivity contribution in [3.8, 4) is 0 Å². The molecule has 1 aromatic rings. The Balaban J connectivity index is 1.43. The van der Waals surface area contributed by atoms with E-state index < -0.39 is 0 Å². The van der Waals surface area contributed by atoms with Gasteiger partial charge in [0.1, 0.15) is 11.5 Å². The van der Waals surface area contributed by atoms with Gasteiger partial charge in [-0.25, -0.2) is 4.98 Å². The highest BCUT2D eigenvalue weighted by molar-refractivity contribution is 5.92.